The molecule has 1 atom stereocenters. The van der Waals surface area contributed by atoms with Crippen molar-refractivity contribution in [2.24, 2.45) is 0 Å². The van der Waals surface area contributed by atoms with E-state index in [1.165, 1.54) is 13.2 Å². The van der Waals surface area contributed by atoms with Crippen LogP contribution >= 0.6 is 22.6 Å². The molecule has 1 aromatic rings. The molecule has 0 aromatic heterocycles. The third-order valence-electron chi connectivity index (χ3n) is 1.90. The average molecular weight is 338 g/mol. The molecule has 0 aliphatic heterocycles. The Bertz CT molecular complexity index is 354. The fraction of sp³-hybridized carbons (Fsp3) is 0.455. The molecule has 0 saturated carbocycles. The highest BCUT2D eigenvalue weighted by atomic mass is 127. The van der Waals surface area contributed by atoms with Crippen LogP contribution in [0.25, 0.3) is 0 Å². The molecular weight excluding hydrogens is 323 g/mol. The van der Waals surface area contributed by atoms with Gasteiger partial charge >= 0.3 is 0 Å². The monoisotopic (exact) mass is 338 g/mol. The number of rotatable bonds is 5. The van der Waals surface area contributed by atoms with Gasteiger partial charge in [-0.15, -0.1) is 0 Å². The third-order valence-corrected chi connectivity index (χ3v) is 2.70. The van der Waals surface area contributed by atoms with Gasteiger partial charge in [0.1, 0.15) is 5.75 Å². The summed E-state index contributed by atoms with van der Waals surface area (Å²) in [7, 11) is 1.53. The molecule has 0 radical (unpaired) electrons. The SMILES string of the molecule is CCOC(C)Oc1c(I)cc(O)cc1OC. The molecule has 0 bridgehead atoms. The molecule has 90 valence electrons. The lowest BCUT2D eigenvalue weighted by Crippen LogP contribution is -2.17. The Morgan fingerprint density at radius 3 is 2.69 bits per heavy atom. The van der Waals surface area contributed by atoms with Crippen LogP contribution in [0.4, 0.5) is 0 Å². The summed E-state index contributed by atoms with van der Waals surface area (Å²) in [6.45, 7) is 4.29. The van der Waals surface area contributed by atoms with E-state index in [9.17, 15) is 5.11 Å². The summed E-state index contributed by atoms with van der Waals surface area (Å²) in [5, 5.41) is 9.42. The topological polar surface area (TPSA) is 47.9 Å². The summed E-state index contributed by atoms with van der Waals surface area (Å²) < 4.78 is 16.8. The Labute approximate surface area is 109 Å². The molecule has 16 heavy (non-hydrogen) atoms. The molecule has 1 unspecified atom stereocenters. The standard InChI is InChI=1S/C11H15IO4/c1-4-15-7(2)16-11-9(12)5-8(13)6-10(11)14-3/h5-7,13H,4H2,1-3H3. The predicted molar refractivity (Wildman–Crippen MR) is 69.1 cm³/mol. The van der Waals surface area contributed by atoms with Gasteiger partial charge in [-0.2, -0.15) is 0 Å². The van der Waals surface area contributed by atoms with Crippen molar-refractivity contribution in [2.45, 2.75) is 20.1 Å². The summed E-state index contributed by atoms with van der Waals surface area (Å²) in [6.07, 6.45) is -0.350. The van der Waals surface area contributed by atoms with Crippen molar-refractivity contribution in [3.63, 3.8) is 0 Å². The Morgan fingerprint density at radius 1 is 1.44 bits per heavy atom. The van der Waals surface area contributed by atoms with Gasteiger partial charge in [0.15, 0.2) is 17.8 Å². The van der Waals surface area contributed by atoms with Crippen LogP contribution in [-0.4, -0.2) is 25.1 Å². The smallest absolute Gasteiger partial charge is 0.197 e. The molecular formula is C11H15IO4. The first-order valence-corrected chi connectivity index (χ1v) is 6.01. The zero-order valence-corrected chi connectivity index (χ0v) is 11.6. The lowest BCUT2D eigenvalue weighted by Gasteiger charge is -2.18. The molecule has 1 aromatic carbocycles. The number of aromatic hydroxyl groups is 1. The van der Waals surface area contributed by atoms with Gasteiger partial charge in [-0.25, -0.2) is 0 Å². The number of hydrogen-bond donors (Lipinski definition) is 1. The molecule has 1 rings (SSSR count). The quantitative estimate of drug-likeness (QED) is 0.663. The van der Waals surface area contributed by atoms with Crippen molar-refractivity contribution in [1.29, 1.82) is 0 Å². The van der Waals surface area contributed by atoms with Crippen molar-refractivity contribution in [1.82, 2.24) is 0 Å². The highest BCUT2D eigenvalue weighted by Crippen LogP contribution is 2.36. The molecule has 1 N–H and O–H groups in total. The molecule has 0 aliphatic carbocycles. The summed E-state index contributed by atoms with van der Waals surface area (Å²) in [6, 6.07) is 3.12. The van der Waals surface area contributed by atoms with Crippen LogP contribution < -0.4 is 9.47 Å². The van der Waals surface area contributed by atoms with E-state index < -0.39 is 0 Å². The van der Waals surface area contributed by atoms with E-state index >= 15 is 0 Å². The minimum absolute atomic E-state index is 0.151. The molecule has 0 heterocycles. The van der Waals surface area contributed by atoms with E-state index in [0.717, 1.165) is 3.57 Å². The maximum Gasteiger partial charge on any atom is 0.197 e. The van der Waals surface area contributed by atoms with Crippen LogP contribution in [0.1, 0.15) is 13.8 Å². The van der Waals surface area contributed by atoms with E-state index in [4.69, 9.17) is 14.2 Å². The van der Waals surface area contributed by atoms with Gasteiger partial charge < -0.3 is 19.3 Å². The van der Waals surface area contributed by atoms with Crippen LogP contribution in [0.3, 0.4) is 0 Å². The second-order valence-corrected chi connectivity index (χ2v) is 4.26. The number of benzene rings is 1. The summed E-state index contributed by atoms with van der Waals surface area (Å²) in [5.41, 5.74) is 0. The zero-order valence-electron chi connectivity index (χ0n) is 9.49. The van der Waals surface area contributed by atoms with Crippen molar-refractivity contribution in [3.8, 4) is 17.2 Å². The lowest BCUT2D eigenvalue weighted by atomic mass is 10.3. The third kappa shape index (κ3) is 3.41. The minimum Gasteiger partial charge on any atom is -0.508 e. The van der Waals surface area contributed by atoms with Crippen LogP contribution in [0, 0.1) is 3.57 Å². The van der Waals surface area contributed by atoms with Crippen LogP contribution in [0.15, 0.2) is 12.1 Å². The zero-order chi connectivity index (χ0) is 12.1. The lowest BCUT2D eigenvalue weighted by molar-refractivity contribution is -0.0628. The number of ether oxygens (including phenoxy) is 3. The normalized spacial score (nSPS) is 12.2. The van der Waals surface area contributed by atoms with E-state index in [-0.39, 0.29) is 12.0 Å². The number of phenols is 1. The van der Waals surface area contributed by atoms with E-state index in [0.29, 0.717) is 18.1 Å². The van der Waals surface area contributed by atoms with Crippen molar-refractivity contribution in [3.05, 3.63) is 15.7 Å². The first-order chi connectivity index (χ1) is 7.58. The first kappa shape index (κ1) is 13.4. The van der Waals surface area contributed by atoms with Gasteiger partial charge in [0, 0.05) is 12.7 Å². The Hall–Kier alpha value is -0.690. The second kappa shape index (κ2) is 6.15. The molecule has 4 nitrogen and oxygen atoms in total. The van der Waals surface area contributed by atoms with Gasteiger partial charge in [0.25, 0.3) is 0 Å². The summed E-state index contributed by atoms with van der Waals surface area (Å²) >= 11 is 2.08. The Balaban J connectivity index is 2.93. The van der Waals surface area contributed by atoms with E-state index in [1.54, 1.807) is 6.07 Å². The average Bonchev–Trinajstić information content (AvgIpc) is 2.22. The van der Waals surface area contributed by atoms with Gasteiger partial charge in [0.2, 0.25) is 0 Å². The highest BCUT2D eigenvalue weighted by molar-refractivity contribution is 14.1. The molecule has 0 amide bonds. The molecule has 0 fully saturated rings. The van der Waals surface area contributed by atoms with Crippen molar-refractivity contribution < 1.29 is 19.3 Å². The fourth-order valence-corrected chi connectivity index (χ4v) is 1.97. The second-order valence-electron chi connectivity index (χ2n) is 3.10. The largest absolute Gasteiger partial charge is 0.508 e. The number of phenolic OH excluding ortho intramolecular Hbond substituents is 1. The number of hydrogen-bond acceptors (Lipinski definition) is 4. The summed E-state index contributed by atoms with van der Waals surface area (Å²) in [4.78, 5) is 0. The van der Waals surface area contributed by atoms with E-state index in [2.05, 4.69) is 22.6 Å². The van der Waals surface area contributed by atoms with E-state index in [1.807, 2.05) is 13.8 Å². The first-order valence-electron chi connectivity index (χ1n) is 4.93. The molecule has 5 heteroatoms. The van der Waals surface area contributed by atoms with Crippen molar-refractivity contribution >= 4 is 22.6 Å². The predicted octanol–water partition coefficient (Wildman–Crippen LogP) is 2.77. The van der Waals surface area contributed by atoms with Gasteiger partial charge in [-0.3, -0.25) is 0 Å². The van der Waals surface area contributed by atoms with Crippen LogP contribution in [0.2, 0.25) is 0 Å². The van der Waals surface area contributed by atoms with Gasteiger partial charge in [-0.05, 0) is 42.5 Å². The van der Waals surface area contributed by atoms with Crippen molar-refractivity contribution in [2.75, 3.05) is 13.7 Å². The maximum absolute atomic E-state index is 9.42. The summed E-state index contributed by atoms with van der Waals surface area (Å²) in [5.74, 6) is 1.23. The number of methoxy groups -OCH3 is 1. The van der Waals surface area contributed by atoms with Crippen LogP contribution in [0.5, 0.6) is 17.2 Å². The fourth-order valence-electron chi connectivity index (χ4n) is 1.26. The molecule has 0 aliphatic rings. The maximum atomic E-state index is 9.42. The van der Waals surface area contributed by atoms with Gasteiger partial charge in [0.05, 0.1) is 10.7 Å². The number of halogens is 1. The molecule has 0 spiro atoms. The Kier molecular flexibility index (Phi) is 5.14. The Morgan fingerprint density at radius 2 is 2.12 bits per heavy atom. The van der Waals surface area contributed by atoms with Gasteiger partial charge in [-0.1, -0.05) is 0 Å². The van der Waals surface area contributed by atoms with Crippen LogP contribution in [-0.2, 0) is 4.74 Å². The highest BCUT2D eigenvalue weighted by Gasteiger charge is 2.14. The molecule has 0 saturated heterocycles. The minimum atomic E-state index is -0.350.